The van der Waals surface area contributed by atoms with E-state index in [0.29, 0.717) is 12.1 Å². The van der Waals surface area contributed by atoms with E-state index < -0.39 is 0 Å². The molecule has 1 aromatic heterocycles. The van der Waals surface area contributed by atoms with Crippen LogP contribution in [0.15, 0.2) is 48.8 Å². The van der Waals surface area contributed by atoms with Crippen molar-refractivity contribution in [1.82, 2.24) is 10.3 Å². The first-order valence-corrected chi connectivity index (χ1v) is 6.00. The van der Waals surface area contributed by atoms with Gasteiger partial charge in [-0.3, -0.25) is 9.78 Å². The van der Waals surface area contributed by atoms with Crippen LogP contribution in [0.2, 0.25) is 0 Å². The van der Waals surface area contributed by atoms with Crippen molar-refractivity contribution < 1.29 is 4.79 Å². The monoisotopic (exact) mass is 240 g/mol. The SMILES string of the molecule is Cc1ccccc1CCNC(=O)c1cccnc1. The van der Waals surface area contributed by atoms with Gasteiger partial charge in [0.2, 0.25) is 0 Å². The summed E-state index contributed by atoms with van der Waals surface area (Å²) in [7, 11) is 0. The van der Waals surface area contributed by atoms with Crippen LogP contribution in [0.4, 0.5) is 0 Å². The number of carbonyl (C=O) groups is 1. The minimum atomic E-state index is -0.0725. The molecule has 0 bridgehead atoms. The predicted molar refractivity (Wildman–Crippen MR) is 71.5 cm³/mol. The number of aryl methyl sites for hydroxylation is 1. The van der Waals surface area contributed by atoms with Crippen LogP contribution in [0.5, 0.6) is 0 Å². The fourth-order valence-corrected chi connectivity index (χ4v) is 1.80. The molecule has 1 N–H and O–H groups in total. The lowest BCUT2D eigenvalue weighted by atomic mass is 10.1. The van der Waals surface area contributed by atoms with Crippen molar-refractivity contribution in [2.24, 2.45) is 0 Å². The number of benzene rings is 1. The summed E-state index contributed by atoms with van der Waals surface area (Å²) in [6.07, 6.45) is 4.08. The molecule has 0 unspecified atom stereocenters. The molecule has 2 aromatic rings. The van der Waals surface area contributed by atoms with Crippen molar-refractivity contribution in [3.63, 3.8) is 0 Å². The molecule has 18 heavy (non-hydrogen) atoms. The third-order valence-electron chi connectivity index (χ3n) is 2.86. The molecular formula is C15H16N2O. The maximum Gasteiger partial charge on any atom is 0.252 e. The van der Waals surface area contributed by atoms with Crippen molar-refractivity contribution in [3.8, 4) is 0 Å². The molecule has 3 nitrogen and oxygen atoms in total. The molecule has 3 heteroatoms. The molecule has 2 rings (SSSR count). The van der Waals surface area contributed by atoms with Gasteiger partial charge in [0.1, 0.15) is 0 Å². The van der Waals surface area contributed by atoms with Gasteiger partial charge in [0.05, 0.1) is 5.56 Å². The number of pyridine rings is 1. The van der Waals surface area contributed by atoms with Crippen LogP contribution in [-0.2, 0) is 6.42 Å². The molecule has 92 valence electrons. The molecule has 0 aliphatic carbocycles. The van der Waals surface area contributed by atoms with Crippen LogP contribution in [0.3, 0.4) is 0 Å². The van der Waals surface area contributed by atoms with Crippen molar-refractivity contribution in [1.29, 1.82) is 0 Å². The second-order valence-corrected chi connectivity index (χ2v) is 4.17. The number of nitrogens with one attached hydrogen (secondary N) is 1. The van der Waals surface area contributed by atoms with Gasteiger partial charge in [-0.2, -0.15) is 0 Å². The van der Waals surface area contributed by atoms with Crippen molar-refractivity contribution in [2.45, 2.75) is 13.3 Å². The highest BCUT2D eigenvalue weighted by molar-refractivity contribution is 5.93. The molecule has 1 amide bonds. The topological polar surface area (TPSA) is 42.0 Å². The zero-order chi connectivity index (χ0) is 12.8. The maximum absolute atomic E-state index is 11.8. The number of hydrogen-bond acceptors (Lipinski definition) is 2. The average molecular weight is 240 g/mol. The number of carbonyl (C=O) groups excluding carboxylic acids is 1. The largest absolute Gasteiger partial charge is 0.352 e. The Hall–Kier alpha value is -2.16. The number of aromatic nitrogens is 1. The highest BCUT2D eigenvalue weighted by Gasteiger charge is 2.04. The van der Waals surface area contributed by atoms with Crippen molar-refractivity contribution >= 4 is 5.91 Å². The normalized spacial score (nSPS) is 10.1. The lowest BCUT2D eigenvalue weighted by Crippen LogP contribution is -2.25. The fraction of sp³-hybridized carbons (Fsp3) is 0.200. The Bertz CT molecular complexity index is 523. The minimum Gasteiger partial charge on any atom is -0.352 e. The first-order valence-electron chi connectivity index (χ1n) is 6.00. The van der Waals surface area contributed by atoms with Gasteiger partial charge in [-0.25, -0.2) is 0 Å². The average Bonchev–Trinajstić information content (AvgIpc) is 2.42. The van der Waals surface area contributed by atoms with Crippen LogP contribution in [-0.4, -0.2) is 17.4 Å². The summed E-state index contributed by atoms with van der Waals surface area (Å²) >= 11 is 0. The van der Waals surface area contributed by atoms with E-state index in [1.54, 1.807) is 24.5 Å². The molecule has 1 heterocycles. The summed E-state index contributed by atoms with van der Waals surface area (Å²) in [4.78, 5) is 15.7. The van der Waals surface area contributed by atoms with Crippen LogP contribution >= 0.6 is 0 Å². The van der Waals surface area contributed by atoms with E-state index >= 15 is 0 Å². The van der Waals surface area contributed by atoms with E-state index in [9.17, 15) is 4.79 Å². The molecule has 0 atom stereocenters. The first-order chi connectivity index (χ1) is 8.77. The summed E-state index contributed by atoms with van der Waals surface area (Å²) in [5.41, 5.74) is 3.12. The molecule has 1 aromatic carbocycles. The van der Waals surface area contributed by atoms with E-state index in [-0.39, 0.29) is 5.91 Å². The summed E-state index contributed by atoms with van der Waals surface area (Å²) in [5, 5.41) is 2.90. The molecule has 0 spiro atoms. The van der Waals surface area contributed by atoms with Crippen molar-refractivity contribution in [2.75, 3.05) is 6.54 Å². The van der Waals surface area contributed by atoms with E-state index in [4.69, 9.17) is 0 Å². The van der Waals surface area contributed by atoms with Gasteiger partial charge in [0.15, 0.2) is 0 Å². The minimum absolute atomic E-state index is 0.0725. The molecule has 0 radical (unpaired) electrons. The summed E-state index contributed by atoms with van der Waals surface area (Å²) in [5.74, 6) is -0.0725. The number of amides is 1. The summed E-state index contributed by atoms with van der Waals surface area (Å²) in [6.45, 7) is 2.72. The standard InChI is InChI=1S/C15H16N2O/c1-12-5-2-3-6-13(12)8-10-17-15(18)14-7-4-9-16-11-14/h2-7,9,11H,8,10H2,1H3,(H,17,18). The van der Waals surface area contributed by atoms with E-state index in [1.165, 1.54) is 11.1 Å². The van der Waals surface area contributed by atoms with Gasteiger partial charge in [-0.1, -0.05) is 24.3 Å². The van der Waals surface area contributed by atoms with Gasteiger partial charge in [-0.05, 0) is 36.6 Å². The highest BCUT2D eigenvalue weighted by Crippen LogP contribution is 2.07. The Morgan fingerprint density at radius 2 is 2.06 bits per heavy atom. The quantitative estimate of drug-likeness (QED) is 0.891. The highest BCUT2D eigenvalue weighted by atomic mass is 16.1. The summed E-state index contributed by atoms with van der Waals surface area (Å²) < 4.78 is 0. The molecule has 0 aliphatic heterocycles. The lowest BCUT2D eigenvalue weighted by Gasteiger charge is -2.07. The third-order valence-corrected chi connectivity index (χ3v) is 2.86. The zero-order valence-electron chi connectivity index (χ0n) is 10.4. The maximum atomic E-state index is 11.8. The molecule has 0 fully saturated rings. The molecular weight excluding hydrogens is 224 g/mol. The zero-order valence-corrected chi connectivity index (χ0v) is 10.4. The molecule has 0 aliphatic rings. The van der Waals surface area contributed by atoms with E-state index in [0.717, 1.165) is 6.42 Å². The number of hydrogen-bond donors (Lipinski definition) is 1. The number of rotatable bonds is 4. The second-order valence-electron chi connectivity index (χ2n) is 4.17. The first kappa shape index (κ1) is 12.3. The van der Waals surface area contributed by atoms with Crippen LogP contribution in [0, 0.1) is 6.92 Å². The van der Waals surface area contributed by atoms with E-state index in [2.05, 4.69) is 29.4 Å². The Morgan fingerprint density at radius 3 is 2.78 bits per heavy atom. The van der Waals surface area contributed by atoms with Crippen LogP contribution in [0.25, 0.3) is 0 Å². The van der Waals surface area contributed by atoms with Gasteiger partial charge >= 0.3 is 0 Å². The third kappa shape index (κ3) is 3.17. The van der Waals surface area contributed by atoms with Gasteiger partial charge < -0.3 is 5.32 Å². The molecule has 0 saturated heterocycles. The Kier molecular flexibility index (Phi) is 4.07. The summed E-state index contributed by atoms with van der Waals surface area (Å²) in [6, 6.07) is 11.7. The van der Waals surface area contributed by atoms with Crippen molar-refractivity contribution in [3.05, 3.63) is 65.5 Å². The number of nitrogens with zero attached hydrogens (tertiary/aromatic N) is 1. The predicted octanol–water partition coefficient (Wildman–Crippen LogP) is 2.36. The van der Waals surface area contributed by atoms with Gasteiger partial charge in [-0.15, -0.1) is 0 Å². The molecule has 0 saturated carbocycles. The van der Waals surface area contributed by atoms with Crippen LogP contribution in [0.1, 0.15) is 21.5 Å². The Labute approximate surface area is 107 Å². The lowest BCUT2D eigenvalue weighted by molar-refractivity contribution is 0.0954. The Balaban J connectivity index is 1.86. The van der Waals surface area contributed by atoms with Crippen LogP contribution < -0.4 is 5.32 Å². The van der Waals surface area contributed by atoms with E-state index in [1.807, 2.05) is 12.1 Å². The fourth-order valence-electron chi connectivity index (χ4n) is 1.80. The smallest absolute Gasteiger partial charge is 0.252 e. The Morgan fingerprint density at radius 1 is 1.22 bits per heavy atom. The van der Waals surface area contributed by atoms with Gasteiger partial charge in [0, 0.05) is 18.9 Å². The second kappa shape index (κ2) is 5.96. The van der Waals surface area contributed by atoms with Gasteiger partial charge in [0.25, 0.3) is 5.91 Å².